The molecule has 2 N–H and O–H groups in total. The summed E-state index contributed by atoms with van der Waals surface area (Å²) in [5.74, 6) is -1.31. The molecule has 118 valence electrons. The van der Waals surface area contributed by atoms with Crippen LogP contribution >= 0.6 is 0 Å². The van der Waals surface area contributed by atoms with Crippen molar-refractivity contribution in [1.29, 1.82) is 21.2 Å². The Bertz CT molecular complexity index is 818. The molecule has 2 aliphatic rings. The molecule has 5 heteroatoms. The monoisotopic (exact) mass is 316 g/mol. The number of fused-ring (bicyclic) bond motifs is 1. The SMILES string of the molecule is N#C[C@@H]1C(=N)C(C#N)(C#N)[C@@H](c2ccc(O)cc2)[C@H]2CCCC=C12. The molecule has 1 aromatic rings. The molecule has 24 heavy (non-hydrogen) atoms. The van der Waals surface area contributed by atoms with Crippen LogP contribution < -0.4 is 0 Å². The predicted molar refractivity (Wildman–Crippen MR) is 86.8 cm³/mol. The van der Waals surface area contributed by atoms with Gasteiger partial charge in [-0.25, -0.2) is 0 Å². The maximum atomic E-state index is 9.81. The second kappa shape index (κ2) is 5.84. The third-order valence-electron chi connectivity index (χ3n) is 5.18. The smallest absolute Gasteiger partial charge is 0.189 e. The van der Waals surface area contributed by atoms with E-state index in [1.165, 1.54) is 12.1 Å². The number of aromatic hydroxyl groups is 1. The van der Waals surface area contributed by atoms with E-state index < -0.39 is 17.3 Å². The van der Waals surface area contributed by atoms with Crippen molar-refractivity contribution in [2.45, 2.75) is 25.2 Å². The standard InChI is InChI=1S/C19H16N4O/c20-9-16-14-3-1-2-4-15(14)17(12-5-7-13(24)8-6-12)19(10-21,11-22)18(16)23/h3,5-8,15-17,23-24H,1-2,4H2/t15-,16-,17-/m0/s1. The molecule has 0 aromatic heterocycles. The lowest BCUT2D eigenvalue weighted by Crippen LogP contribution is -2.48. The van der Waals surface area contributed by atoms with E-state index in [0.717, 1.165) is 30.4 Å². The average Bonchev–Trinajstić information content (AvgIpc) is 2.62. The summed E-state index contributed by atoms with van der Waals surface area (Å²) in [6, 6.07) is 12.7. The van der Waals surface area contributed by atoms with E-state index in [1.54, 1.807) is 12.1 Å². The molecule has 0 heterocycles. The summed E-state index contributed by atoms with van der Waals surface area (Å²) in [5.41, 5.74) is -0.170. The Kier molecular flexibility index (Phi) is 3.84. The van der Waals surface area contributed by atoms with Crippen LogP contribution in [0.4, 0.5) is 0 Å². The molecule has 0 unspecified atom stereocenters. The zero-order chi connectivity index (χ0) is 17.3. The molecule has 0 saturated heterocycles. The van der Waals surface area contributed by atoms with Crippen molar-refractivity contribution >= 4 is 5.71 Å². The minimum atomic E-state index is -1.66. The lowest BCUT2D eigenvalue weighted by molar-refractivity contribution is 0.320. The fourth-order valence-corrected chi connectivity index (χ4v) is 4.07. The highest BCUT2D eigenvalue weighted by molar-refractivity contribution is 6.00. The molecule has 1 aromatic carbocycles. The van der Waals surface area contributed by atoms with E-state index in [-0.39, 0.29) is 17.4 Å². The van der Waals surface area contributed by atoms with Crippen LogP contribution in [0.25, 0.3) is 0 Å². The van der Waals surface area contributed by atoms with Crippen molar-refractivity contribution < 1.29 is 5.11 Å². The van der Waals surface area contributed by atoms with Crippen LogP contribution in [0.1, 0.15) is 30.7 Å². The number of phenols is 1. The third-order valence-corrected chi connectivity index (χ3v) is 5.18. The molecule has 0 radical (unpaired) electrons. The van der Waals surface area contributed by atoms with E-state index in [2.05, 4.69) is 18.2 Å². The van der Waals surface area contributed by atoms with Crippen LogP contribution in [0.15, 0.2) is 35.9 Å². The molecule has 0 aliphatic heterocycles. The van der Waals surface area contributed by atoms with Crippen molar-refractivity contribution in [3.63, 3.8) is 0 Å². The number of benzene rings is 1. The van der Waals surface area contributed by atoms with Crippen molar-refractivity contribution in [2.75, 3.05) is 0 Å². The van der Waals surface area contributed by atoms with Gasteiger partial charge in [-0.1, -0.05) is 18.2 Å². The minimum Gasteiger partial charge on any atom is -0.508 e. The Morgan fingerprint density at radius 3 is 2.38 bits per heavy atom. The minimum absolute atomic E-state index is 0.110. The Morgan fingerprint density at radius 1 is 1.12 bits per heavy atom. The first kappa shape index (κ1) is 15.8. The summed E-state index contributed by atoms with van der Waals surface area (Å²) in [4.78, 5) is 0. The Labute approximate surface area is 140 Å². The van der Waals surface area contributed by atoms with Crippen LogP contribution in [-0.4, -0.2) is 10.8 Å². The van der Waals surface area contributed by atoms with Crippen molar-refractivity contribution in [3.8, 4) is 24.0 Å². The van der Waals surface area contributed by atoms with Crippen molar-refractivity contribution in [2.24, 2.45) is 17.3 Å². The number of allylic oxidation sites excluding steroid dienone is 2. The summed E-state index contributed by atoms with van der Waals surface area (Å²) in [7, 11) is 0. The fraction of sp³-hybridized carbons (Fsp3) is 0.368. The van der Waals surface area contributed by atoms with E-state index >= 15 is 0 Å². The van der Waals surface area contributed by atoms with Gasteiger partial charge in [0.25, 0.3) is 0 Å². The first-order valence-corrected chi connectivity index (χ1v) is 7.89. The number of hydrogen-bond acceptors (Lipinski definition) is 5. The average molecular weight is 316 g/mol. The number of nitrogens with one attached hydrogen (secondary N) is 1. The van der Waals surface area contributed by atoms with Gasteiger partial charge in [-0.05, 0) is 48.4 Å². The fourth-order valence-electron chi connectivity index (χ4n) is 4.07. The summed E-state index contributed by atoms with van der Waals surface area (Å²) < 4.78 is 0. The van der Waals surface area contributed by atoms with Gasteiger partial charge in [-0.3, -0.25) is 0 Å². The maximum absolute atomic E-state index is 9.81. The van der Waals surface area contributed by atoms with Crippen molar-refractivity contribution in [3.05, 3.63) is 41.5 Å². The molecule has 1 saturated carbocycles. The van der Waals surface area contributed by atoms with E-state index in [9.17, 15) is 20.9 Å². The van der Waals surface area contributed by atoms with E-state index in [0.29, 0.717) is 0 Å². The van der Waals surface area contributed by atoms with Gasteiger partial charge >= 0.3 is 0 Å². The summed E-state index contributed by atoms with van der Waals surface area (Å²) in [5, 5.41) is 47.1. The zero-order valence-electron chi connectivity index (χ0n) is 13.0. The molecule has 3 rings (SSSR count). The van der Waals surface area contributed by atoms with Gasteiger partial charge in [0.15, 0.2) is 5.41 Å². The molecular weight excluding hydrogens is 300 g/mol. The second-order valence-electron chi connectivity index (χ2n) is 6.32. The summed E-state index contributed by atoms with van der Waals surface area (Å²) >= 11 is 0. The topological polar surface area (TPSA) is 115 Å². The number of nitrogens with zero attached hydrogens (tertiary/aromatic N) is 3. The predicted octanol–water partition coefficient (Wildman–Crippen LogP) is 3.41. The van der Waals surface area contributed by atoms with Crippen molar-refractivity contribution in [1.82, 2.24) is 0 Å². The van der Waals surface area contributed by atoms with Crippen LogP contribution in [0, 0.1) is 56.7 Å². The molecular formula is C19H16N4O. The molecule has 0 spiro atoms. The first-order valence-electron chi connectivity index (χ1n) is 7.89. The lowest BCUT2D eigenvalue weighted by atomic mass is 9.53. The lowest BCUT2D eigenvalue weighted by Gasteiger charge is -2.45. The van der Waals surface area contributed by atoms with Crippen LogP contribution in [0.2, 0.25) is 0 Å². The second-order valence-corrected chi connectivity index (χ2v) is 6.32. The highest BCUT2D eigenvalue weighted by atomic mass is 16.3. The third kappa shape index (κ3) is 2.08. The molecule has 3 atom stereocenters. The number of hydrogen-bond donors (Lipinski definition) is 2. The summed E-state index contributed by atoms with van der Waals surface area (Å²) in [6.07, 6.45) is 4.57. The highest BCUT2D eigenvalue weighted by Gasteiger charge is 2.57. The zero-order valence-corrected chi connectivity index (χ0v) is 13.0. The van der Waals surface area contributed by atoms with E-state index in [4.69, 9.17) is 5.41 Å². The molecule has 1 fully saturated rings. The largest absolute Gasteiger partial charge is 0.508 e. The molecule has 5 nitrogen and oxygen atoms in total. The maximum Gasteiger partial charge on any atom is 0.189 e. The Balaban J connectivity index is 2.24. The van der Waals surface area contributed by atoms with Gasteiger partial charge in [0.2, 0.25) is 0 Å². The normalized spacial score (nSPS) is 27.8. The van der Waals surface area contributed by atoms with Gasteiger partial charge in [-0.2, -0.15) is 15.8 Å². The highest BCUT2D eigenvalue weighted by Crippen LogP contribution is 2.55. The van der Waals surface area contributed by atoms with Crippen LogP contribution in [0.3, 0.4) is 0 Å². The van der Waals surface area contributed by atoms with Gasteiger partial charge in [0.1, 0.15) is 11.7 Å². The van der Waals surface area contributed by atoms with Crippen LogP contribution in [0.5, 0.6) is 5.75 Å². The van der Waals surface area contributed by atoms with Gasteiger partial charge < -0.3 is 10.5 Å². The van der Waals surface area contributed by atoms with Crippen LogP contribution in [-0.2, 0) is 0 Å². The van der Waals surface area contributed by atoms with E-state index in [1.807, 2.05) is 6.08 Å². The Morgan fingerprint density at radius 2 is 1.79 bits per heavy atom. The van der Waals surface area contributed by atoms with Gasteiger partial charge in [0.05, 0.1) is 23.9 Å². The Hall–Kier alpha value is -3.10. The molecule has 2 aliphatic carbocycles. The number of nitriles is 3. The number of rotatable bonds is 1. The van der Waals surface area contributed by atoms with Gasteiger partial charge in [0, 0.05) is 5.92 Å². The molecule has 0 bridgehead atoms. The summed E-state index contributed by atoms with van der Waals surface area (Å²) in [6.45, 7) is 0. The van der Waals surface area contributed by atoms with Gasteiger partial charge in [-0.15, -0.1) is 0 Å². The molecule has 0 amide bonds. The quantitative estimate of drug-likeness (QED) is 0.772. The first-order chi connectivity index (χ1) is 11.6. The number of phenolic OH excluding ortho intramolecular Hbond substituents is 1.